The summed E-state index contributed by atoms with van der Waals surface area (Å²) < 4.78 is 18.7. The molecule has 4 atom stereocenters. The van der Waals surface area contributed by atoms with E-state index in [1.54, 1.807) is 16.7 Å². The van der Waals surface area contributed by atoms with E-state index in [1.165, 1.54) is 12.7 Å². The number of carbonyl (C=O) groups is 1. The average molecular weight is 417 g/mol. The normalized spacial score (nSPS) is 41.0. The van der Waals surface area contributed by atoms with Crippen LogP contribution in [0.4, 0.5) is 0 Å². The van der Waals surface area contributed by atoms with E-state index >= 15 is 0 Å². The minimum atomic E-state index is -1.82. The fourth-order valence-electron chi connectivity index (χ4n) is 7.26. The lowest BCUT2D eigenvalue weighted by Gasteiger charge is -2.52. The predicted octanol–water partition coefficient (Wildman–Crippen LogP) is 5.16. The first-order chi connectivity index (χ1) is 13.7. The van der Waals surface area contributed by atoms with Crippen LogP contribution in [0.2, 0.25) is 19.6 Å². The molecule has 0 aromatic carbocycles. The highest BCUT2D eigenvalue weighted by Gasteiger charge is 2.62. The van der Waals surface area contributed by atoms with Crippen LogP contribution in [0.15, 0.2) is 22.8 Å². The maximum absolute atomic E-state index is 12.4. The van der Waals surface area contributed by atoms with Crippen LogP contribution in [-0.4, -0.2) is 39.2 Å². The third kappa shape index (κ3) is 2.99. The number of hydrogen-bond donors (Lipinski definition) is 0. The van der Waals surface area contributed by atoms with Gasteiger partial charge in [-0.05, 0) is 81.1 Å². The second-order valence-electron chi connectivity index (χ2n) is 11.2. The van der Waals surface area contributed by atoms with Gasteiger partial charge >= 0.3 is 0 Å². The van der Waals surface area contributed by atoms with Crippen molar-refractivity contribution >= 4 is 14.6 Å². The van der Waals surface area contributed by atoms with Crippen molar-refractivity contribution in [2.75, 3.05) is 13.2 Å². The van der Waals surface area contributed by atoms with Crippen LogP contribution in [-0.2, 0) is 18.7 Å². The number of allylic oxidation sites excluding steroid dienone is 3. The van der Waals surface area contributed by atoms with Gasteiger partial charge in [0.15, 0.2) is 20.4 Å². The van der Waals surface area contributed by atoms with Crippen molar-refractivity contribution in [2.24, 2.45) is 17.3 Å². The molecule has 0 radical (unpaired) electrons. The molecule has 1 saturated carbocycles. The van der Waals surface area contributed by atoms with Gasteiger partial charge in [-0.3, -0.25) is 0 Å². The Morgan fingerprint density at radius 3 is 2.59 bits per heavy atom. The van der Waals surface area contributed by atoms with E-state index in [0.29, 0.717) is 11.8 Å². The Bertz CT molecular complexity index is 772. The topological polar surface area (TPSA) is 44.8 Å². The zero-order valence-electron chi connectivity index (χ0n) is 18.5. The minimum Gasteiger partial charge on any atom is -0.405 e. The molecule has 1 saturated heterocycles. The smallest absolute Gasteiger partial charge is 0.185 e. The van der Waals surface area contributed by atoms with Gasteiger partial charge < -0.3 is 18.7 Å². The van der Waals surface area contributed by atoms with Gasteiger partial charge in [-0.1, -0.05) is 18.6 Å². The monoisotopic (exact) mass is 416 g/mol. The number of carbonyl (C=O) groups excluding carboxylic acids is 1. The molecule has 29 heavy (non-hydrogen) atoms. The summed E-state index contributed by atoms with van der Waals surface area (Å²) >= 11 is 0. The van der Waals surface area contributed by atoms with Gasteiger partial charge in [0.25, 0.3) is 0 Å². The van der Waals surface area contributed by atoms with Crippen LogP contribution in [0.5, 0.6) is 0 Å². The second-order valence-corrected chi connectivity index (χ2v) is 15.6. The summed E-state index contributed by atoms with van der Waals surface area (Å²) in [6.45, 7) is 10.4. The molecule has 0 N–H and O–H groups in total. The summed E-state index contributed by atoms with van der Waals surface area (Å²) in [5.74, 6) is 0.799. The van der Waals surface area contributed by atoms with Crippen molar-refractivity contribution in [1.29, 1.82) is 0 Å². The van der Waals surface area contributed by atoms with Gasteiger partial charge in [0.1, 0.15) is 5.60 Å². The highest BCUT2D eigenvalue weighted by Crippen LogP contribution is 2.63. The van der Waals surface area contributed by atoms with Gasteiger partial charge in [0.2, 0.25) is 0 Å². The number of hydrogen-bond acceptors (Lipinski definition) is 4. The Kier molecular flexibility index (Phi) is 4.60. The lowest BCUT2D eigenvalue weighted by molar-refractivity contribution is -0.164. The Balaban J connectivity index is 1.47. The largest absolute Gasteiger partial charge is 0.405 e. The lowest BCUT2D eigenvalue weighted by atomic mass is 9.56. The average Bonchev–Trinajstić information content (AvgIpc) is 3.23. The summed E-state index contributed by atoms with van der Waals surface area (Å²) in [5, 5.41) is 0. The number of rotatable bonds is 3. The minimum absolute atomic E-state index is 0.0746. The predicted molar refractivity (Wildman–Crippen MR) is 115 cm³/mol. The van der Waals surface area contributed by atoms with E-state index in [2.05, 4.69) is 32.6 Å². The number of fused-ring (bicyclic) bond motifs is 4. The Morgan fingerprint density at radius 2 is 1.90 bits per heavy atom. The maximum atomic E-state index is 12.4. The van der Waals surface area contributed by atoms with Crippen molar-refractivity contribution in [3.05, 3.63) is 22.8 Å². The van der Waals surface area contributed by atoms with Crippen LogP contribution in [0.1, 0.15) is 58.3 Å². The van der Waals surface area contributed by atoms with Crippen molar-refractivity contribution < 1.29 is 18.7 Å². The molecule has 2 fully saturated rings. The van der Waals surface area contributed by atoms with Crippen molar-refractivity contribution in [1.82, 2.24) is 0 Å². The Hall–Kier alpha value is -0.753. The van der Waals surface area contributed by atoms with Gasteiger partial charge in [-0.25, -0.2) is 0 Å². The molecular formula is C24H36O4Si. The van der Waals surface area contributed by atoms with Crippen LogP contribution in [0.25, 0.3) is 0 Å². The molecule has 1 heterocycles. The molecular weight excluding hydrogens is 380 g/mol. The second kappa shape index (κ2) is 6.62. The van der Waals surface area contributed by atoms with Crippen LogP contribution >= 0.6 is 0 Å². The summed E-state index contributed by atoms with van der Waals surface area (Å²) in [7, 11) is -1.82. The summed E-state index contributed by atoms with van der Waals surface area (Å²) in [5.41, 5.74) is 4.09. The molecule has 0 unspecified atom stereocenters. The molecule has 0 aromatic rings. The van der Waals surface area contributed by atoms with Crippen LogP contribution < -0.4 is 0 Å². The lowest BCUT2D eigenvalue weighted by Crippen LogP contribution is -2.55. The maximum Gasteiger partial charge on any atom is 0.185 e. The highest BCUT2D eigenvalue weighted by molar-refractivity contribution is 6.70. The molecule has 1 aliphatic heterocycles. The van der Waals surface area contributed by atoms with Gasteiger partial charge in [-0.15, -0.1) is 0 Å². The third-order valence-electron chi connectivity index (χ3n) is 8.51. The summed E-state index contributed by atoms with van der Waals surface area (Å²) in [4.78, 5) is 12.4. The van der Waals surface area contributed by atoms with Crippen molar-refractivity contribution in [2.45, 2.75) is 89.3 Å². The molecule has 4 aliphatic carbocycles. The molecule has 4 nitrogen and oxygen atoms in total. The molecule has 5 heteroatoms. The van der Waals surface area contributed by atoms with E-state index in [1.807, 2.05) is 0 Å². The van der Waals surface area contributed by atoms with E-state index in [4.69, 9.17) is 13.9 Å². The van der Waals surface area contributed by atoms with E-state index in [0.717, 1.165) is 58.2 Å². The SMILES string of the molecule is C[C@]12CC=C3C4=C(CC[C@H]3[C@@H]1CC[C@@]2(C=O)O[Si](C)(C)C)CC1(CC4)OCCO1. The van der Waals surface area contributed by atoms with E-state index < -0.39 is 13.9 Å². The van der Waals surface area contributed by atoms with Crippen molar-refractivity contribution in [3.63, 3.8) is 0 Å². The summed E-state index contributed by atoms with van der Waals surface area (Å²) in [6.07, 6.45) is 12.0. The van der Waals surface area contributed by atoms with Crippen LogP contribution in [0.3, 0.4) is 0 Å². The first-order valence-electron chi connectivity index (χ1n) is 11.6. The van der Waals surface area contributed by atoms with E-state index in [9.17, 15) is 4.79 Å². The molecule has 5 rings (SSSR count). The molecule has 5 aliphatic rings. The first-order valence-corrected chi connectivity index (χ1v) is 15.0. The first kappa shape index (κ1) is 20.2. The highest BCUT2D eigenvalue weighted by atomic mass is 28.4. The van der Waals surface area contributed by atoms with Gasteiger partial charge in [0, 0.05) is 18.3 Å². The van der Waals surface area contributed by atoms with Crippen LogP contribution in [0, 0.1) is 17.3 Å². The zero-order valence-corrected chi connectivity index (χ0v) is 19.5. The number of aldehydes is 1. The third-order valence-corrected chi connectivity index (χ3v) is 9.48. The summed E-state index contributed by atoms with van der Waals surface area (Å²) in [6, 6.07) is 0. The molecule has 0 bridgehead atoms. The molecule has 0 amide bonds. The quantitative estimate of drug-likeness (QED) is 0.471. The van der Waals surface area contributed by atoms with Gasteiger partial charge in [0.05, 0.1) is 13.2 Å². The Labute approximate surface area is 176 Å². The van der Waals surface area contributed by atoms with Crippen molar-refractivity contribution in [3.8, 4) is 0 Å². The fourth-order valence-corrected chi connectivity index (χ4v) is 8.73. The molecule has 1 spiro atoms. The Morgan fingerprint density at radius 1 is 1.14 bits per heavy atom. The molecule has 160 valence electrons. The number of ether oxygens (including phenoxy) is 2. The zero-order chi connectivity index (χ0) is 20.5. The molecule has 0 aromatic heterocycles. The standard InChI is InChI=1S/C24H36O4Si/c1-22-10-7-19-18-8-12-24(26-13-14-27-24)15-17(18)5-6-20(19)21(22)9-11-23(22,16-25)28-29(2,3)4/h7,16,20-21H,5-6,8-15H2,1-4H3/t20-,21+,22+,23+/m1/s1. The fraction of sp³-hybridized carbons (Fsp3) is 0.792. The van der Waals surface area contributed by atoms with Gasteiger partial charge in [-0.2, -0.15) is 0 Å². The van der Waals surface area contributed by atoms with E-state index in [-0.39, 0.29) is 11.2 Å².